The number of rotatable bonds is 4. The van der Waals surface area contributed by atoms with E-state index in [1.807, 2.05) is 0 Å². The quantitative estimate of drug-likeness (QED) is 0.476. The molecule has 1 rings (SSSR count). The molecule has 1 aromatic carbocycles. The summed E-state index contributed by atoms with van der Waals surface area (Å²) in [5.74, 6) is -0.606. The van der Waals surface area contributed by atoms with E-state index in [1.165, 1.54) is 36.4 Å². The van der Waals surface area contributed by atoms with Crippen LogP contribution in [0.3, 0.4) is 0 Å². The molecule has 0 radical (unpaired) electrons. The Hall–Kier alpha value is -2.49. The molecular formula is C13H12O4. The van der Waals surface area contributed by atoms with E-state index in [9.17, 15) is 4.79 Å². The van der Waals surface area contributed by atoms with Crippen molar-refractivity contribution in [3.8, 4) is 5.75 Å². The molecule has 0 unspecified atom stereocenters. The molecule has 0 aliphatic rings. The second-order valence-corrected chi connectivity index (χ2v) is 3.23. The third-order valence-electron chi connectivity index (χ3n) is 1.79. The van der Waals surface area contributed by atoms with Crippen LogP contribution in [0.15, 0.2) is 61.1 Å². The second-order valence-electron chi connectivity index (χ2n) is 3.23. The van der Waals surface area contributed by atoms with Gasteiger partial charge in [-0.1, -0.05) is 13.2 Å². The third kappa shape index (κ3) is 4.25. The van der Waals surface area contributed by atoms with E-state index in [-0.39, 0.29) is 17.3 Å². The van der Waals surface area contributed by atoms with E-state index < -0.39 is 5.97 Å². The summed E-state index contributed by atoms with van der Waals surface area (Å²) in [5.41, 5.74) is 0.292. The lowest BCUT2D eigenvalue weighted by Gasteiger charge is -2.03. The Kier molecular flexibility index (Phi) is 4.11. The minimum atomic E-state index is -0.594. The maximum absolute atomic E-state index is 11.5. The zero-order valence-electron chi connectivity index (χ0n) is 9.09. The van der Waals surface area contributed by atoms with Crippen molar-refractivity contribution in [1.82, 2.24) is 0 Å². The normalized spacial score (nSPS) is 10.1. The van der Waals surface area contributed by atoms with E-state index in [0.29, 0.717) is 5.56 Å². The molecule has 0 atom stereocenters. The van der Waals surface area contributed by atoms with Crippen LogP contribution in [-0.2, 0) is 4.74 Å². The average molecular weight is 232 g/mol. The van der Waals surface area contributed by atoms with Gasteiger partial charge in [-0.3, -0.25) is 0 Å². The molecule has 0 bridgehead atoms. The SMILES string of the molecule is C=C(O)/C=C\C(=C)OC(=O)c1ccc(O)cc1. The fourth-order valence-electron chi connectivity index (χ4n) is 0.999. The Morgan fingerprint density at radius 1 is 1.18 bits per heavy atom. The lowest BCUT2D eigenvalue weighted by Crippen LogP contribution is -2.03. The first-order chi connectivity index (χ1) is 7.99. The topological polar surface area (TPSA) is 66.8 Å². The van der Waals surface area contributed by atoms with E-state index >= 15 is 0 Å². The van der Waals surface area contributed by atoms with Gasteiger partial charge in [0.05, 0.1) is 5.56 Å². The number of carbonyl (C=O) groups excluding carboxylic acids is 1. The zero-order chi connectivity index (χ0) is 12.8. The molecule has 0 aliphatic carbocycles. The maximum Gasteiger partial charge on any atom is 0.343 e. The minimum absolute atomic E-state index is 0.0665. The van der Waals surface area contributed by atoms with Gasteiger partial charge >= 0.3 is 5.97 Å². The van der Waals surface area contributed by atoms with Gasteiger partial charge in [-0.05, 0) is 36.4 Å². The Labute approximate surface area is 98.8 Å². The van der Waals surface area contributed by atoms with E-state index in [0.717, 1.165) is 0 Å². The van der Waals surface area contributed by atoms with Gasteiger partial charge in [0.2, 0.25) is 0 Å². The minimum Gasteiger partial charge on any atom is -0.509 e. The van der Waals surface area contributed by atoms with Gasteiger partial charge in [0, 0.05) is 0 Å². The van der Waals surface area contributed by atoms with Crippen LogP contribution in [0, 0.1) is 0 Å². The molecule has 0 heterocycles. The molecule has 0 spiro atoms. The van der Waals surface area contributed by atoms with Gasteiger partial charge in [0.15, 0.2) is 0 Å². The largest absolute Gasteiger partial charge is 0.509 e. The summed E-state index contributed by atoms with van der Waals surface area (Å²) >= 11 is 0. The van der Waals surface area contributed by atoms with Crippen molar-refractivity contribution >= 4 is 5.97 Å². The number of hydrogen-bond acceptors (Lipinski definition) is 4. The highest BCUT2D eigenvalue weighted by Crippen LogP contribution is 2.12. The van der Waals surface area contributed by atoms with Gasteiger partial charge in [0.25, 0.3) is 0 Å². The predicted molar refractivity (Wildman–Crippen MR) is 63.6 cm³/mol. The molecular weight excluding hydrogens is 220 g/mol. The van der Waals surface area contributed by atoms with Crippen LogP contribution < -0.4 is 0 Å². The van der Waals surface area contributed by atoms with Crippen LogP contribution in [0.25, 0.3) is 0 Å². The van der Waals surface area contributed by atoms with Gasteiger partial charge < -0.3 is 14.9 Å². The molecule has 17 heavy (non-hydrogen) atoms. The highest BCUT2D eigenvalue weighted by atomic mass is 16.5. The van der Waals surface area contributed by atoms with Crippen molar-refractivity contribution in [2.24, 2.45) is 0 Å². The molecule has 0 saturated carbocycles. The summed E-state index contributed by atoms with van der Waals surface area (Å²) < 4.78 is 4.87. The van der Waals surface area contributed by atoms with Crippen LogP contribution in [0.1, 0.15) is 10.4 Å². The first-order valence-corrected chi connectivity index (χ1v) is 4.75. The van der Waals surface area contributed by atoms with Crippen LogP contribution in [-0.4, -0.2) is 16.2 Å². The fourth-order valence-corrected chi connectivity index (χ4v) is 0.999. The highest BCUT2D eigenvalue weighted by molar-refractivity contribution is 5.90. The number of esters is 1. The fraction of sp³-hybridized carbons (Fsp3) is 0. The molecule has 0 saturated heterocycles. The first kappa shape index (κ1) is 12.6. The molecule has 88 valence electrons. The van der Waals surface area contributed by atoms with E-state index in [1.54, 1.807) is 0 Å². The van der Waals surface area contributed by atoms with Crippen LogP contribution in [0.4, 0.5) is 0 Å². The summed E-state index contributed by atoms with van der Waals surface area (Å²) in [6, 6.07) is 5.62. The Bertz CT molecular complexity index is 469. The Balaban J connectivity index is 2.63. The number of phenols is 1. The number of hydrogen-bond donors (Lipinski definition) is 2. The molecule has 4 nitrogen and oxygen atoms in total. The summed E-state index contributed by atoms with van der Waals surface area (Å²) in [7, 11) is 0. The summed E-state index contributed by atoms with van der Waals surface area (Å²) in [4.78, 5) is 11.5. The number of allylic oxidation sites excluding steroid dienone is 2. The monoisotopic (exact) mass is 232 g/mol. The molecule has 1 aromatic rings. The lowest BCUT2D eigenvalue weighted by molar-refractivity contribution is 0.0638. The van der Waals surface area contributed by atoms with Crippen molar-refractivity contribution in [3.05, 3.63) is 66.7 Å². The molecule has 0 fully saturated rings. The average Bonchev–Trinajstić information content (AvgIpc) is 2.27. The van der Waals surface area contributed by atoms with Crippen molar-refractivity contribution in [2.45, 2.75) is 0 Å². The number of aromatic hydroxyl groups is 1. The third-order valence-corrected chi connectivity index (χ3v) is 1.79. The van der Waals surface area contributed by atoms with Gasteiger partial charge in [-0.15, -0.1) is 0 Å². The van der Waals surface area contributed by atoms with Crippen LogP contribution in [0.5, 0.6) is 5.75 Å². The maximum atomic E-state index is 11.5. The second kappa shape index (κ2) is 5.55. The van der Waals surface area contributed by atoms with Crippen molar-refractivity contribution in [2.75, 3.05) is 0 Å². The molecule has 0 aromatic heterocycles. The molecule has 2 N–H and O–H groups in total. The van der Waals surface area contributed by atoms with Crippen LogP contribution >= 0.6 is 0 Å². The van der Waals surface area contributed by atoms with E-state index in [2.05, 4.69) is 13.2 Å². The number of carbonyl (C=O) groups is 1. The first-order valence-electron chi connectivity index (χ1n) is 4.75. The van der Waals surface area contributed by atoms with Gasteiger partial charge in [-0.25, -0.2) is 4.79 Å². The summed E-state index contributed by atoms with van der Waals surface area (Å²) in [6.07, 6.45) is 2.58. The summed E-state index contributed by atoms with van der Waals surface area (Å²) in [6.45, 7) is 6.71. The van der Waals surface area contributed by atoms with E-state index in [4.69, 9.17) is 14.9 Å². The standard InChI is InChI=1S/C13H12O4/c1-9(14)3-4-10(2)17-13(16)11-5-7-12(15)8-6-11/h3-8,14-15H,1-2H2/b4-3-. The van der Waals surface area contributed by atoms with Crippen molar-refractivity contribution in [1.29, 1.82) is 0 Å². The number of ether oxygens (including phenoxy) is 1. The molecule has 0 aliphatic heterocycles. The zero-order valence-corrected chi connectivity index (χ0v) is 9.09. The number of aliphatic hydroxyl groups is 1. The summed E-state index contributed by atoms with van der Waals surface area (Å²) in [5, 5.41) is 17.8. The lowest BCUT2D eigenvalue weighted by atomic mass is 10.2. The van der Waals surface area contributed by atoms with Crippen molar-refractivity contribution < 1.29 is 19.7 Å². The smallest absolute Gasteiger partial charge is 0.343 e. The number of phenolic OH excluding ortho intramolecular Hbond substituents is 1. The van der Waals surface area contributed by atoms with Crippen molar-refractivity contribution in [3.63, 3.8) is 0 Å². The molecule has 4 heteroatoms. The number of aliphatic hydroxyl groups excluding tert-OH is 1. The molecule has 0 amide bonds. The number of benzene rings is 1. The van der Waals surface area contributed by atoms with Crippen LogP contribution in [0.2, 0.25) is 0 Å². The highest BCUT2D eigenvalue weighted by Gasteiger charge is 2.07. The predicted octanol–water partition coefficient (Wildman–Crippen LogP) is 2.69. The van der Waals surface area contributed by atoms with Gasteiger partial charge in [0.1, 0.15) is 17.3 Å². The van der Waals surface area contributed by atoms with Gasteiger partial charge in [-0.2, -0.15) is 0 Å². The Morgan fingerprint density at radius 3 is 2.29 bits per heavy atom. The Morgan fingerprint density at radius 2 is 1.76 bits per heavy atom.